The van der Waals surface area contributed by atoms with Gasteiger partial charge in [0.25, 0.3) is 0 Å². The summed E-state index contributed by atoms with van der Waals surface area (Å²) in [6.07, 6.45) is 3.95. The van der Waals surface area contributed by atoms with Crippen LogP contribution in [0, 0.1) is 0 Å². The first kappa shape index (κ1) is 16.2. The largest absolute Gasteiger partial charge is 0.354 e. The third kappa shape index (κ3) is 4.70. The van der Waals surface area contributed by atoms with Gasteiger partial charge in [0.05, 0.1) is 0 Å². The highest BCUT2D eigenvalue weighted by atomic mass is 16.1. The third-order valence-electron chi connectivity index (χ3n) is 3.68. The first-order chi connectivity index (χ1) is 10.6. The van der Waals surface area contributed by atoms with Crippen LogP contribution in [0.25, 0.3) is 0 Å². The van der Waals surface area contributed by atoms with Gasteiger partial charge in [0.15, 0.2) is 0 Å². The molecule has 0 saturated carbocycles. The van der Waals surface area contributed by atoms with E-state index < -0.39 is 0 Å². The van der Waals surface area contributed by atoms with Gasteiger partial charge in [-0.15, -0.1) is 0 Å². The van der Waals surface area contributed by atoms with Crippen LogP contribution in [0.5, 0.6) is 0 Å². The maximum Gasteiger partial charge on any atom is 0.221 e. The van der Waals surface area contributed by atoms with Gasteiger partial charge >= 0.3 is 0 Å². The van der Waals surface area contributed by atoms with Gasteiger partial charge in [-0.3, -0.25) is 9.48 Å². The molecule has 0 saturated heterocycles. The molecule has 3 N–H and O–H groups in total. The molecule has 0 fully saturated rings. The lowest BCUT2D eigenvalue weighted by Crippen LogP contribution is -2.32. The van der Waals surface area contributed by atoms with Crippen molar-refractivity contribution in [2.45, 2.75) is 38.8 Å². The quantitative estimate of drug-likeness (QED) is 0.823. The van der Waals surface area contributed by atoms with Gasteiger partial charge in [-0.05, 0) is 23.1 Å². The van der Waals surface area contributed by atoms with E-state index in [-0.39, 0.29) is 11.9 Å². The average molecular weight is 300 g/mol. The number of rotatable bonds is 7. The van der Waals surface area contributed by atoms with E-state index in [0.29, 0.717) is 25.4 Å². The van der Waals surface area contributed by atoms with Crippen molar-refractivity contribution in [1.29, 1.82) is 0 Å². The second kappa shape index (κ2) is 7.75. The Morgan fingerprint density at radius 3 is 2.55 bits per heavy atom. The summed E-state index contributed by atoms with van der Waals surface area (Å²) >= 11 is 0. The number of benzene rings is 1. The molecule has 1 unspecified atom stereocenters. The first-order valence-electron chi connectivity index (χ1n) is 7.66. The Hall–Kier alpha value is -2.14. The number of hydrogen-bond donors (Lipinski definition) is 2. The minimum Gasteiger partial charge on any atom is -0.354 e. The van der Waals surface area contributed by atoms with Crippen molar-refractivity contribution in [3.05, 3.63) is 53.9 Å². The number of carbonyl (C=O) groups excluding carboxylic acids is 1. The number of amides is 1. The standard InChI is InChI=1S/C17H24N4O/c1-13(2)14-4-6-15(7-5-14)16(18)12-19-17(22)8-11-21-10-3-9-20-21/h3-7,9-10,13,16H,8,11-12,18H2,1-2H3,(H,19,22). The zero-order valence-electron chi connectivity index (χ0n) is 13.2. The first-order valence-corrected chi connectivity index (χ1v) is 7.66. The molecule has 0 aliphatic rings. The molecule has 2 rings (SSSR count). The van der Waals surface area contributed by atoms with Crippen molar-refractivity contribution in [2.75, 3.05) is 6.54 Å². The van der Waals surface area contributed by atoms with E-state index in [0.717, 1.165) is 5.56 Å². The Kier molecular flexibility index (Phi) is 5.72. The lowest BCUT2D eigenvalue weighted by atomic mass is 9.99. The smallest absolute Gasteiger partial charge is 0.221 e. The maximum atomic E-state index is 11.8. The number of nitrogens with two attached hydrogens (primary N) is 1. The average Bonchev–Trinajstić information content (AvgIpc) is 3.04. The van der Waals surface area contributed by atoms with Crippen molar-refractivity contribution in [3.8, 4) is 0 Å². The summed E-state index contributed by atoms with van der Waals surface area (Å²) in [7, 11) is 0. The van der Waals surface area contributed by atoms with Crippen molar-refractivity contribution in [2.24, 2.45) is 5.73 Å². The Morgan fingerprint density at radius 2 is 1.95 bits per heavy atom. The molecular weight excluding hydrogens is 276 g/mol. The Morgan fingerprint density at radius 1 is 1.27 bits per heavy atom. The molecule has 0 aliphatic heterocycles. The molecule has 1 aromatic heterocycles. The molecule has 22 heavy (non-hydrogen) atoms. The summed E-state index contributed by atoms with van der Waals surface area (Å²) < 4.78 is 1.74. The molecule has 0 aliphatic carbocycles. The molecule has 0 bridgehead atoms. The number of carbonyl (C=O) groups is 1. The number of nitrogens with zero attached hydrogens (tertiary/aromatic N) is 2. The molecule has 0 spiro atoms. The molecule has 118 valence electrons. The summed E-state index contributed by atoms with van der Waals surface area (Å²) in [6.45, 7) is 5.35. The molecule has 2 aromatic rings. The summed E-state index contributed by atoms with van der Waals surface area (Å²) in [5.41, 5.74) is 8.46. The molecule has 1 aromatic carbocycles. The second-order valence-corrected chi connectivity index (χ2v) is 5.75. The normalized spacial score (nSPS) is 12.4. The van der Waals surface area contributed by atoms with E-state index >= 15 is 0 Å². The fourth-order valence-electron chi connectivity index (χ4n) is 2.21. The highest BCUT2D eigenvalue weighted by Gasteiger charge is 2.09. The highest BCUT2D eigenvalue weighted by Crippen LogP contribution is 2.17. The number of aryl methyl sites for hydroxylation is 1. The molecule has 5 nitrogen and oxygen atoms in total. The predicted molar refractivity (Wildman–Crippen MR) is 87.3 cm³/mol. The third-order valence-corrected chi connectivity index (χ3v) is 3.68. The number of nitrogens with one attached hydrogen (secondary N) is 1. The van der Waals surface area contributed by atoms with Gasteiger partial charge in [0.2, 0.25) is 5.91 Å². The lowest BCUT2D eigenvalue weighted by Gasteiger charge is -2.14. The van der Waals surface area contributed by atoms with Gasteiger partial charge in [0, 0.05) is 37.9 Å². The van der Waals surface area contributed by atoms with E-state index in [1.54, 1.807) is 10.9 Å². The lowest BCUT2D eigenvalue weighted by molar-refractivity contribution is -0.121. The fraction of sp³-hybridized carbons (Fsp3) is 0.412. The maximum absolute atomic E-state index is 11.8. The van der Waals surface area contributed by atoms with Crippen LogP contribution >= 0.6 is 0 Å². The van der Waals surface area contributed by atoms with Gasteiger partial charge in [-0.2, -0.15) is 5.10 Å². The van der Waals surface area contributed by atoms with Crippen molar-refractivity contribution in [3.63, 3.8) is 0 Å². The number of aromatic nitrogens is 2. The van der Waals surface area contributed by atoms with Gasteiger partial charge in [-0.1, -0.05) is 38.1 Å². The Balaban J connectivity index is 1.76. The van der Waals surface area contributed by atoms with Crippen LogP contribution in [0.1, 0.15) is 43.4 Å². The van der Waals surface area contributed by atoms with Crippen LogP contribution in [-0.2, 0) is 11.3 Å². The summed E-state index contributed by atoms with van der Waals surface area (Å²) in [6, 6.07) is 9.93. The summed E-state index contributed by atoms with van der Waals surface area (Å²) in [4.78, 5) is 11.8. The fourth-order valence-corrected chi connectivity index (χ4v) is 2.21. The molecule has 1 amide bonds. The zero-order chi connectivity index (χ0) is 15.9. The van der Waals surface area contributed by atoms with Crippen LogP contribution in [0.2, 0.25) is 0 Å². The molecule has 1 atom stereocenters. The van der Waals surface area contributed by atoms with Crippen LogP contribution in [0.15, 0.2) is 42.7 Å². The van der Waals surface area contributed by atoms with Crippen LogP contribution < -0.4 is 11.1 Å². The van der Waals surface area contributed by atoms with Crippen molar-refractivity contribution in [1.82, 2.24) is 15.1 Å². The van der Waals surface area contributed by atoms with Gasteiger partial charge in [0.1, 0.15) is 0 Å². The SMILES string of the molecule is CC(C)c1ccc(C(N)CNC(=O)CCn2cccn2)cc1. The van der Waals surface area contributed by atoms with Crippen LogP contribution in [-0.4, -0.2) is 22.2 Å². The Bertz CT molecular complexity index is 575. The van der Waals surface area contributed by atoms with Gasteiger partial charge < -0.3 is 11.1 Å². The van der Waals surface area contributed by atoms with E-state index in [1.807, 2.05) is 24.4 Å². The van der Waals surface area contributed by atoms with E-state index in [9.17, 15) is 4.79 Å². The molecule has 0 radical (unpaired) electrons. The molecular formula is C17H24N4O. The molecule has 1 heterocycles. The highest BCUT2D eigenvalue weighted by molar-refractivity contribution is 5.75. The Labute approximate surface area is 131 Å². The van der Waals surface area contributed by atoms with Crippen molar-refractivity contribution >= 4 is 5.91 Å². The molecule has 5 heteroatoms. The van der Waals surface area contributed by atoms with Crippen LogP contribution in [0.3, 0.4) is 0 Å². The summed E-state index contributed by atoms with van der Waals surface area (Å²) in [5, 5.41) is 6.94. The second-order valence-electron chi connectivity index (χ2n) is 5.75. The minimum absolute atomic E-state index is 0.00949. The van der Waals surface area contributed by atoms with E-state index in [1.165, 1.54) is 5.56 Å². The van der Waals surface area contributed by atoms with E-state index in [4.69, 9.17) is 5.73 Å². The monoisotopic (exact) mass is 300 g/mol. The number of hydrogen-bond acceptors (Lipinski definition) is 3. The zero-order valence-corrected chi connectivity index (χ0v) is 13.2. The van der Waals surface area contributed by atoms with Gasteiger partial charge in [-0.25, -0.2) is 0 Å². The van der Waals surface area contributed by atoms with Crippen LogP contribution in [0.4, 0.5) is 0 Å². The topological polar surface area (TPSA) is 72.9 Å². The van der Waals surface area contributed by atoms with E-state index in [2.05, 4.69) is 36.4 Å². The summed E-state index contributed by atoms with van der Waals surface area (Å²) in [5.74, 6) is 0.497. The predicted octanol–water partition coefficient (Wildman–Crippen LogP) is 2.21. The van der Waals surface area contributed by atoms with Crippen molar-refractivity contribution < 1.29 is 4.79 Å². The minimum atomic E-state index is -0.185.